The Kier molecular flexibility index (Phi) is 2.44. The summed E-state index contributed by atoms with van der Waals surface area (Å²) in [6.45, 7) is -0.0535. The molecular formula is C13H14N2O2. The third kappa shape index (κ3) is 1.65. The van der Waals surface area contributed by atoms with E-state index in [1.54, 1.807) is 12.3 Å². The van der Waals surface area contributed by atoms with E-state index >= 15 is 0 Å². The molecule has 0 fully saturated rings. The number of nitrogens with zero attached hydrogens (tertiary/aromatic N) is 1. The predicted octanol–water partition coefficient (Wildman–Crippen LogP) is 1.29. The highest BCUT2D eigenvalue weighted by molar-refractivity contribution is 5.79. The second-order valence-electron chi connectivity index (χ2n) is 4.52. The molecule has 2 aromatic heterocycles. The van der Waals surface area contributed by atoms with Crippen LogP contribution in [0.15, 0.2) is 17.1 Å². The van der Waals surface area contributed by atoms with Gasteiger partial charge in [-0.05, 0) is 42.9 Å². The number of fused-ring (bicyclic) bond motifs is 3. The van der Waals surface area contributed by atoms with Crippen LogP contribution in [-0.2, 0) is 19.4 Å². The zero-order chi connectivity index (χ0) is 11.8. The van der Waals surface area contributed by atoms with Gasteiger partial charge in [0.2, 0.25) is 0 Å². The van der Waals surface area contributed by atoms with Gasteiger partial charge in [-0.25, -0.2) is 0 Å². The zero-order valence-electron chi connectivity index (χ0n) is 9.49. The largest absolute Gasteiger partial charge is 0.392 e. The van der Waals surface area contributed by atoms with E-state index in [0.29, 0.717) is 0 Å². The van der Waals surface area contributed by atoms with Crippen LogP contribution in [0.1, 0.15) is 29.5 Å². The van der Waals surface area contributed by atoms with Crippen LogP contribution in [0.4, 0.5) is 0 Å². The summed E-state index contributed by atoms with van der Waals surface area (Å²) in [6, 6.07) is 1.80. The van der Waals surface area contributed by atoms with Crippen molar-refractivity contribution in [1.29, 1.82) is 0 Å². The van der Waals surface area contributed by atoms with E-state index < -0.39 is 0 Å². The van der Waals surface area contributed by atoms with E-state index in [1.807, 2.05) is 0 Å². The van der Waals surface area contributed by atoms with Gasteiger partial charge < -0.3 is 10.1 Å². The average molecular weight is 230 g/mol. The first-order chi connectivity index (χ1) is 8.29. The van der Waals surface area contributed by atoms with Gasteiger partial charge in [0.25, 0.3) is 5.56 Å². The Balaban J connectivity index is 2.34. The highest BCUT2D eigenvalue weighted by Crippen LogP contribution is 2.24. The van der Waals surface area contributed by atoms with E-state index in [-0.39, 0.29) is 12.2 Å². The molecule has 17 heavy (non-hydrogen) atoms. The van der Waals surface area contributed by atoms with E-state index in [9.17, 15) is 4.79 Å². The lowest BCUT2D eigenvalue weighted by molar-refractivity contribution is 0.281. The lowest BCUT2D eigenvalue weighted by Gasteiger charge is -2.16. The molecule has 0 saturated heterocycles. The Labute approximate surface area is 98.3 Å². The Morgan fingerprint density at radius 2 is 2.06 bits per heavy atom. The van der Waals surface area contributed by atoms with Crippen molar-refractivity contribution in [2.75, 3.05) is 0 Å². The van der Waals surface area contributed by atoms with Crippen molar-refractivity contribution < 1.29 is 5.11 Å². The Morgan fingerprint density at radius 1 is 1.29 bits per heavy atom. The average Bonchev–Trinajstić information content (AvgIpc) is 2.38. The van der Waals surface area contributed by atoms with Crippen LogP contribution in [0.5, 0.6) is 0 Å². The van der Waals surface area contributed by atoms with Crippen molar-refractivity contribution in [3.63, 3.8) is 0 Å². The molecule has 0 atom stereocenters. The summed E-state index contributed by atoms with van der Waals surface area (Å²) in [6.07, 6.45) is 5.66. The summed E-state index contributed by atoms with van der Waals surface area (Å²) in [5, 5.41) is 9.07. The van der Waals surface area contributed by atoms with Gasteiger partial charge in [-0.1, -0.05) is 0 Å². The second-order valence-corrected chi connectivity index (χ2v) is 4.52. The van der Waals surface area contributed by atoms with Gasteiger partial charge in [-0.3, -0.25) is 9.78 Å². The summed E-state index contributed by atoms with van der Waals surface area (Å²) in [5.74, 6) is 0. The van der Waals surface area contributed by atoms with Gasteiger partial charge in [0, 0.05) is 11.8 Å². The third-order valence-corrected chi connectivity index (χ3v) is 3.40. The van der Waals surface area contributed by atoms with Crippen molar-refractivity contribution in [2.45, 2.75) is 32.3 Å². The van der Waals surface area contributed by atoms with Crippen LogP contribution >= 0.6 is 0 Å². The molecule has 4 heteroatoms. The minimum Gasteiger partial charge on any atom is -0.392 e. The lowest BCUT2D eigenvalue weighted by Crippen LogP contribution is -2.19. The predicted molar refractivity (Wildman–Crippen MR) is 64.9 cm³/mol. The van der Waals surface area contributed by atoms with Crippen LogP contribution in [0.25, 0.3) is 11.0 Å². The van der Waals surface area contributed by atoms with Crippen molar-refractivity contribution in [1.82, 2.24) is 9.97 Å². The standard InChI is InChI=1S/C13H14N2O2/c16-7-8-5-11-12(14-6-8)9-3-1-2-4-10(9)13(17)15-11/h5-6,16H,1-4,7H2,(H,15,17). The molecule has 2 N–H and O–H groups in total. The van der Waals surface area contributed by atoms with Crippen molar-refractivity contribution >= 4 is 11.0 Å². The quantitative estimate of drug-likeness (QED) is 0.776. The van der Waals surface area contributed by atoms with Crippen molar-refractivity contribution in [3.05, 3.63) is 39.3 Å². The molecule has 0 radical (unpaired) electrons. The molecule has 1 aliphatic carbocycles. The number of aromatic nitrogens is 2. The molecule has 0 spiro atoms. The monoisotopic (exact) mass is 230 g/mol. The van der Waals surface area contributed by atoms with Gasteiger partial charge in [-0.2, -0.15) is 0 Å². The number of aliphatic hydroxyl groups excluding tert-OH is 1. The highest BCUT2D eigenvalue weighted by Gasteiger charge is 2.17. The minimum absolute atomic E-state index is 0.00379. The van der Waals surface area contributed by atoms with Crippen molar-refractivity contribution in [2.24, 2.45) is 0 Å². The first-order valence-corrected chi connectivity index (χ1v) is 5.93. The van der Waals surface area contributed by atoms with Gasteiger partial charge in [0.15, 0.2) is 0 Å². The van der Waals surface area contributed by atoms with Crippen molar-refractivity contribution in [3.8, 4) is 0 Å². The van der Waals surface area contributed by atoms with Crippen LogP contribution in [0.3, 0.4) is 0 Å². The number of pyridine rings is 2. The number of H-pyrrole nitrogens is 1. The Bertz CT molecular complexity index is 631. The maximum absolute atomic E-state index is 11.9. The molecule has 0 unspecified atom stereocenters. The number of hydrogen-bond donors (Lipinski definition) is 2. The SMILES string of the molecule is O=c1[nH]c2cc(CO)cnc2c2c1CCCC2. The zero-order valence-corrected chi connectivity index (χ0v) is 9.49. The minimum atomic E-state index is -0.0535. The number of hydrogen-bond acceptors (Lipinski definition) is 3. The summed E-state index contributed by atoms with van der Waals surface area (Å²) >= 11 is 0. The normalized spacial score (nSPS) is 14.9. The molecule has 0 bridgehead atoms. The lowest BCUT2D eigenvalue weighted by atomic mass is 9.92. The molecule has 0 aliphatic heterocycles. The molecule has 1 aliphatic rings. The molecule has 0 amide bonds. The van der Waals surface area contributed by atoms with Crippen LogP contribution in [-0.4, -0.2) is 15.1 Å². The molecule has 3 rings (SSSR count). The number of aryl methyl sites for hydroxylation is 1. The first-order valence-electron chi connectivity index (χ1n) is 5.93. The van der Waals surface area contributed by atoms with Gasteiger partial charge in [0.1, 0.15) is 0 Å². The summed E-state index contributed by atoms with van der Waals surface area (Å²) < 4.78 is 0. The Hall–Kier alpha value is -1.68. The molecule has 88 valence electrons. The van der Waals surface area contributed by atoms with E-state index in [0.717, 1.165) is 53.4 Å². The highest BCUT2D eigenvalue weighted by atomic mass is 16.3. The van der Waals surface area contributed by atoms with Gasteiger partial charge in [-0.15, -0.1) is 0 Å². The molecule has 0 aromatic carbocycles. The fraction of sp³-hybridized carbons (Fsp3) is 0.385. The second kappa shape index (κ2) is 3.96. The summed E-state index contributed by atoms with van der Waals surface area (Å²) in [7, 11) is 0. The maximum atomic E-state index is 11.9. The first kappa shape index (κ1) is 10.5. The molecule has 2 heterocycles. The van der Waals surface area contributed by atoms with Gasteiger partial charge >= 0.3 is 0 Å². The number of aromatic amines is 1. The smallest absolute Gasteiger partial charge is 0.251 e. The fourth-order valence-electron chi connectivity index (χ4n) is 2.55. The molecule has 0 saturated carbocycles. The van der Waals surface area contributed by atoms with E-state index in [2.05, 4.69) is 9.97 Å². The Morgan fingerprint density at radius 3 is 2.82 bits per heavy atom. The van der Waals surface area contributed by atoms with Crippen LogP contribution in [0.2, 0.25) is 0 Å². The maximum Gasteiger partial charge on any atom is 0.251 e. The van der Waals surface area contributed by atoms with Crippen LogP contribution < -0.4 is 5.56 Å². The molecule has 4 nitrogen and oxygen atoms in total. The van der Waals surface area contributed by atoms with E-state index in [4.69, 9.17) is 5.11 Å². The fourth-order valence-corrected chi connectivity index (χ4v) is 2.55. The number of rotatable bonds is 1. The number of aliphatic hydroxyl groups is 1. The van der Waals surface area contributed by atoms with Crippen LogP contribution in [0, 0.1) is 0 Å². The molecular weight excluding hydrogens is 216 g/mol. The topological polar surface area (TPSA) is 66.0 Å². The van der Waals surface area contributed by atoms with Gasteiger partial charge in [0.05, 0.1) is 17.6 Å². The third-order valence-electron chi connectivity index (χ3n) is 3.40. The summed E-state index contributed by atoms with van der Waals surface area (Å²) in [4.78, 5) is 19.2. The number of nitrogens with one attached hydrogen (secondary N) is 1. The summed E-state index contributed by atoms with van der Waals surface area (Å²) in [5.41, 5.74) is 4.35. The molecule has 2 aromatic rings. The van der Waals surface area contributed by atoms with E-state index in [1.165, 1.54) is 0 Å².